The molecule has 0 aliphatic rings. The number of nitrogens with two attached hydrogens (primary N) is 1. The molecule has 0 fully saturated rings. The zero-order valence-corrected chi connectivity index (χ0v) is 12.4. The molecule has 0 amide bonds. The largest absolute Gasteiger partial charge is 0.489 e. The van der Waals surface area contributed by atoms with Gasteiger partial charge in [-0.15, -0.1) is 0 Å². The Morgan fingerprint density at radius 2 is 2.14 bits per heavy atom. The van der Waals surface area contributed by atoms with Gasteiger partial charge >= 0.3 is 0 Å². The predicted molar refractivity (Wildman–Crippen MR) is 79.3 cm³/mol. The van der Waals surface area contributed by atoms with Gasteiger partial charge in [0.15, 0.2) is 23.0 Å². The minimum atomic E-state index is -0.411. The van der Waals surface area contributed by atoms with Crippen molar-refractivity contribution in [2.45, 2.75) is 6.54 Å². The van der Waals surface area contributed by atoms with E-state index in [1.165, 1.54) is 12.4 Å². The van der Waals surface area contributed by atoms with Crippen molar-refractivity contribution < 1.29 is 9.13 Å². The number of nitrogens with zero attached hydrogens (tertiary/aromatic N) is 4. The van der Waals surface area contributed by atoms with Gasteiger partial charge in [0.25, 0.3) is 0 Å². The number of rotatable bonds is 4. The van der Waals surface area contributed by atoms with Crippen molar-refractivity contribution in [1.29, 1.82) is 0 Å². The third-order valence-electron chi connectivity index (χ3n) is 2.91. The molecule has 108 valence electrons. The fourth-order valence-corrected chi connectivity index (χ4v) is 2.24. The third kappa shape index (κ3) is 2.80. The van der Waals surface area contributed by atoms with E-state index < -0.39 is 5.82 Å². The molecular formula is C13H11BrFN5O. The molecule has 0 bridgehead atoms. The van der Waals surface area contributed by atoms with Crippen molar-refractivity contribution in [3.63, 3.8) is 0 Å². The van der Waals surface area contributed by atoms with E-state index in [9.17, 15) is 4.39 Å². The number of imidazole rings is 1. The SMILES string of the molecule is Nc1ncnc2c1ncn2CCOc1ccc(Br)cc1F. The number of nitrogen functional groups attached to an aromatic ring is 1. The van der Waals surface area contributed by atoms with Crippen LogP contribution in [0, 0.1) is 5.82 Å². The Hall–Kier alpha value is -2.22. The van der Waals surface area contributed by atoms with Gasteiger partial charge in [0.1, 0.15) is 18.5 Å². The van der Waals surface area contributed by atoms with Crippen molar-refractivity contribution in [3.05, 3.63) is 41.1 Å². The van der Waals surface area contributed by atoms with Crippen molar-refractivity contribution in [3.8, 4) is 5.75 Å². The van der Waals surface area contributed by atoms with E-state index in [0.717, 1.165) is 0 Å². The maximum absolute atomic E-state index is 13.6. The van der Waals surface area contributed by atoms with Gasteiger partial charge in [-0.05, 0) is 18.2 Å². The second kappa shape index (κ2) is 5.65. The summed E-state index contributed by atoms with van der Waals surface area (Å²) in [6, 6.07) is 4.65. The molecule has 21 heavy (non-hydrogen) atoms. The normalized spacial score (nSPS) is 11.0. The highest BCUT2D eigenvalue weighted by Crippen LogP contribution is 2.21. The van der Waals surface area contributed by atoms with E-state index in [4.69, 9.17) is 10.5 Å². The van der Waals surface area contributed by atoms with E-state index in [1.54, 1.807) is 23.0 Å². The number of fused-ring (bicyclic) bond motifs is 1. The van der Waals surface area contributed by atoms with Crippen LogP contribution in [0.15, 0.2) is 35.3 Å². The second-order valence-corrected chi connectivity index (χ2v) is 5.21. The highest BCUT2D eigenvalue weighted by Gasteiger charge is 2.08. The molecule has 1 aromatic carbocycles. The maximum Gasteiger partial charge on any atom is 0.166 e. The van der Waals surface area contributed by atoms with E-state index in [2.05, 4.69) is 30.9 Å². The summed E-state index contributed by atoms with van der Waals surface area (Å²) in [6.45, 7) is 0.760. The average Bonchev–Trinajstić information content (AvgIpc) is 2.86. The lowest BCUT2D eigenvalue weighted by atomic mass is 10.3. The number of aromatic nitrogens is 4. The number of anilines is 1. The molecule has 0 unspecified atom stereocenters. The van der Waals surface area contributed by atoms with Gasteiger partial charge in [0.2, 0.25) is 0 Å². The van der Waals surface area contributed by atoms with E-state index in [0.29, 0.717) is 28.0 Å². The van der Waals surface area contributed by atoms with Gasteiger partial charge in [-0.3, -0.25) is 0 Å². The lowest BCUT2D eigenvalue weighted by Crippen LogP contribution is -2.08. The van der Waals surface area contributed by atoms with Gasteiger partial charge in [-0.2, -0.15) is 0 Å². The minimum Gasteiger partial charge on any atom is -0.489 e. The van der Waals surface area contributed by atoms with Crippen LogP contribution in [0.25, 0.3) is 11.2 Å². The van der Waals surface area contributed by atoms with E-state index in [1.807, 2.05) is 0 Å². The molecule has 2 aromatic heterocycles. The molecule has 0 radical (unpaired) electrons. The molecule has 0 atom stereocenters. The van der Waals surface area contributed by atoms with Crippen LogP contribution < -0.4 is 10.5 Å². The Kier molecular flexibility index (Phi) is 3.70. The Balaban J connectivity index is 1.71. The number of ether oxygens (including phenoxy) is 1. The summed E-state index contributed by atoms with van der Waals surface area (Å²) >= 11 is 3.20. The molecule has 0 saturated carbocycles. The first kappa shape index (κ1) is 13.7. The van der Waals surface area contributed by atoms with Crippen LogP contribution in [-0.4, -0.2) is 26.1 Å². The Bertz CT molecular complexity index is 791. The van der Waals surface area contributed by atoms with Gasteiger partial charge in [-0.25, -0.2) is 19.3 Å². The Morgan fingerprint density at radius 1 is 1.29 bits per heavy atom. The van der Waals surface area contributed by atoms with Crippen LogP contribution in [-0.2, 0) is 6.54 Å². The molecule has 3 rings (SSSR count). The van der Waals surface area contributed by atoms with Gasteiger partial charge in [0, 0.05) is 4.47 Å². The first-order valence-electron chi connectivity index (χ1n) is 6.14. The molecule has 0 aliphatic carbocycles. The molecule has 6 nitrogen and oxygen atoms in total. The topological polar surface area (TPSA) is 78.9 Å². The number of hydrogen-bond donors (Lipinski definition) is 1. The summed E-state index contributed by atoms with van der Waals surface area (Å²) in [5.74, 6) is 0.127. The fraction of sp³-hybridized carbons (Fsp3) is 0.154. The number of halogens is 2. The summed E-state index contributed by atoms with van der Waals surface area (Å²) in [7, 11) is 0. The zero-order valence-electron chi connectivity index (χ0n) is 10.8. The van der Waals surface area contributed by atoms with Crippen LogP contribution in [0.1, 0.15) is 0 Å². The molecular weight excluding hydrogens is 341 g/mol. The second-order valence-electron chi connectivity index (χ2n) is 4.29. The van der Waals surface area contributed by atoms with Crippen molar-refractivity contribution in [2.75, 3.05) is 12.3 Å². The van der Waals surface area contributed by atoms with Crippen LogP contribution >= 0.6 is 15.9 Å². The quantitative estimate of drug-likeness (QED) is 0.780. The summed E-state index contributed by atoms with van der Waals surface area (Å²) in [4.78, 5) is 12.2. The van der Waals surface area contributed by atoms with Crippen molar-refractivity contribution >= 4 is 32.9 Å². The van der Waals surface area contributed by atoms with E-state index >= 15 is 0 Å². The minimum absolute atomic E-state index is 0.205. The molecule has 0 aliphatic heterocycles. The van der Waals surface area contributed by atoms with Gasteiger partial charge in [0.05, 0.1) is 12.9 Å². The zero-order chi connectivity index (χ0) is 14.8. The van der Waals surface area contributed by atoms with Crippen molar-refractivity contribution in [1.82, 2.24) is 19.5 Å². The first-order chi connectivity index (χ1) is 10.1. The molecule has 3 aromatic rings. The summed E-state index contributed by atoms with van der Waals surface area (Å²) in [6.07, 6.45) is 2.99. The highest BCUT2D eigenvalue weighted by molar-refractivity contribution is 9.10. The Morgan fingerprint density at radius 3 is 2.95 bits per heavy atom. The monoisotopic (exact) mass is 351 g/mol. The van der Waals surface area contributed by atoms with Gasteiger partial charge < -0.3 is 15.0 Å². The number of benzene rings is 1. The predicted octanol–water partition coefficient (Wildman–Crippen LogP) is 2.39. The summed E-state index contributed by atoms with van der Waals surface area (Å²) < 4.78 is 21.5. The lowest BCUT2D eigenvalue weighted by molar-refractivity contribution is 0.285. The average molecular weight is 352 g/mol. The number of hydrogen-bond acceptors (Lipinski definition) is 5. The Labute approximate surface area is 127 Å². The fourth-order valence-electron chi connectivity index (χ4n) is 1.91. The summed E-state index contributed by atoms with van der Waals surface area (Å²) in [5.41, 5.74) is 6.89. The maximum atomic E-state index is 13.6. The lowest BCUT2D eigenvalue weighted by Gasteiger charge is -2.08. The van der Waals surface area contributed by atoms with Crippen LogP contribution in [0.3, 0.4) is 0 Å². The molecule has 0 spiro atoms. The standard InChI is InChI=1S/C13H11BrFN5O/c14-8-1-2-10(9(15)5-8)21-4-3-20-7-19-11-12(16)17-6-18-13(11)20/h1-2,5-7H,3-4H2,(H2,16,17,18). The molecule has 0 saturated heterocycles. The highest BCUT2D eigenvalue weighted by atomic mass is 79.9. The molecule has 2 heterocycles. The molecule has 2 N–H and O–H groups in total. The first-order valence-corrected chi connectivity index (χ1v) is 6.93. The smallest absolute Gasteiger partial charge is 0.166 e. The van der Waals surface area contributed by atoms with Crippen LogP contribution in [0.2, 0.25) is 0 Å². The van der Waals surface area contributed by atoms with Crippen molar-refractivity contribution in [2.24, 2.45) is 0 Å². The third-order valence-corrected chi connectivity index (χ3v) is 3.41. The van der Waals surface area contributed by atoms with Crippen LogP contribution in [0.5, 0.6) is 5.75 Å². The van der Waals surface area contributed by atoms with Gasteiger partial charge in [-0.1, -0.05) is 15.9 Å². The van der Waals surface area contributed by atoms with Crippen LogP contribution in [0.4, 0.5) is 10.2 Å². The van der Waals surface area contributed by atoms with E-state index in [-0.39, 0.29) is 12.4 Å². The molecule has 8 heteroatoms. The summed E-state index contributed by atoms with van der Waals surface area (Å²) in [5, 5.41) is 0.